The molecule has 2 aromatic rings. The number of nitrogens with zero attached hydrogens (tertiary/aromatic N) is 3. The molecule has 1 unspecified atom stereocenters. The molecular weight excluding hydrogens is 560 g/mol. The van der Waals surface area contributed by atoms with Crippen molar-refractivity contribution in [1.29, 1.82) is 5.26 Å². The van der Waals surface area contributed by atoms with Crippen LogP contribution in [0.25, 0.3) is 0 Å². The predicted octanol–water partition coefficient (Wildman–Crippen LogP) is 4.20. The minimum Gasteiger partial charge on any atom is -0.478 e. The first-order valence-corrected chi connectivity index (χ1v) is 14.2. The largest absolute Gasteiger partial charge is 0.478 e. The van der Waals surface area contributed by atoms with Crippen LogP contribution in [-0.2, 0) is 14.9 Å². The van der Waals surface area contributed by atoms with E-state index in [1.807, 2.05) is 30.3 Å². The van der Waals surface area contributed by atoms with Crippen LogP contribution in [-0.4, -0.2) is 71.8 Å². The van der Waals surface area contributed by atoms with Gasteiger partial charge in [-0.25, -0.2) is 28.1 Å². The van der Waals surface area contributed by atoms with Crippen molar-refractivity contribution >= 4 is 18.0 Å². The minimum atomic E-state index is -1.53. The average Bonchev–Trinajstić information content (AvgIpc) is 3.47. The molecule has 3 atom stereocenters. The highest BCUT2D eigenvalue weighted by Crippen LogP contribution is 2.38. The zero-order valence-electron chi connectivity index (χ0n) is 23.7. The van der Waals surface area contributed by atoms with E-state index in [4.69, 9.17) is 4.74 Å². The number of rotatable bonds is 7. The third kappa shape index (κ3) is 5.96. The van der Waals surface area contributed by atoms with Crippen molar-refractivity contribution < 1.29 is 33.0 Å². The molecule has 4 amide bonds. The predicted molar refractivity (Wildman–Crippen MR) is 151 cm³/mol. The highest BCUT2D eigenvalue weighted by Gasteiger charge is 2.44. The number of hydrogen-bond donors (Lipinski definition) is 3. The van der Waals surface area contributed by atoms with Gasteiger partial charge >= 0.3 is 18.0 Å². The summed E-state index contributed by atoms with van der Waals surface area (Å²) in [6, 6.07) is 11.7. The van der Waals surface area contributed by atoms with Gasteiger partial charge in [0.05, 0.1) is 29.4 Å². The van der Waals surface area contributed by atoms with Gasteiger partial charge in [0, 0.05) is 32.3 Å². The van der Waals surface area contributed by atoms with Crippen molar-refractivity contribution in [2.45, 2.75) is 55.6 Å². The molecule has 3 aliphatic rings. The van der Waals surface area contributed by atoms with Gasteiger partial charge in [-0.2, -0.15) is 5.26 Å². The van der Waals surface area contributed by atoms with E-state index in [1.54, 1.807) is 0 Å². The molecule has 226 valence electrons. The Labute approximate surface area is 247 Å². The minimum absolute atomic E-state index is 0.0769. The van der Waals surface area contributed by atoms with Gasteiger partial charge < -0.3 is 25.4 Å². The summed E-state index contributed by atoms with van der Waals surface area (Å²) in [5.74, 6) is -3.84. The fraction of sp³-hybridized carbons (Fsp3) is 0.419. The van der Waals surface area contributed by atoms with Crippen LogP contribution in [0.2, 0.25) is 0 Å². The fourth-order valence-corrected chi connectivity index (χ4v) is 6.54. The summed E-state index contributed by atoms with van der Waals surface area (Å²) < 4.78 is 33.0. The highest BCUT2D eigenvalue weighted by atomic mass is 19.2. The molecule has 2 aromatic carbocycles. The molecule has 10 nitrogen and oxygen atoms in total. The van der Waals surface area contributed by atoms with Crippen LogP contribution in [0.4, 0.5) is 18.4 Å². The number of hydrogen-bond acceptors (Lipinski definition) is 6. The van der Waals surface area contributed by atoms with Gasteiger partial charge in [0.15, 0.2) is 11.6 Å². The van der Waals surface area contributed by atoms with Crippen LogP contribution >= 0.6 is 0 Å². The van der Waals surface area contributed by atoms with Crippen molar-refractivity contribution in [1.82, 2.24) is 20.4 Å². The van der Waals surface area contributed by atoms with E-state index in [0.29, 0.717) is 30.6 Å². The number of piperidine rings is 1. The normalized spacial score (nSPS) is 23.9. The van der Waals surface area contributed by atoms with Gasteiger partial charge in [-0.1, -0.05) is 36.4 Å². The first-order valence-electron chi connectivity index (χ1n) is 14.2. The van der Waals surface area contributed by atoms with Crippen molar-refractivity contribution in [3.05, 3.63) is 82.6 Å². The Balaban J connectivity index is 1.31. The number of carbonyl (C=O) groups is 3. The second kappa shape index (κ2) is 12.5. The standard InChI is InChI=1S/C31H33F2N5O5/c1-43-17-25-26(28(39)40)27(19-7-10-23(32)24(33)15-19)38(30(42)36-25)29(41)35-21-8-9-22(16-21)37-13-11-31(18-34,12-14-37)20-5-3-2-4-6-20/h2-7,10,15,21-22,27H,8-9,11-14,16-17H2,1H3,(H,35,41)(H,36,42)(H,39,40)/t21-,22+,27?/m1/s1. The zero-order chi connectivity index (χ0) is 30.7. The molecule has 5 rings (SSSR count). The van der Waals surface area contributed by atoms with Crippen molar-refractivity contribution in [3.63, 3.8) is 0 Å². The lowest BCUT2D eigenvalue weighted by Crippen LogP contribution is -2.56. The number of nitrogens with one attached hydrogen (secondary N) is 2. The highest BCUT2D eigenvalue weighted by molar-refractivity contribution is 6.01. The summed E-state index contributed by atoms with van der Waals surface area (Å²) in [6.07, 6.45) is 3.43. The summed E-state index contributed by atoms with van der Waals surface area (Å²) in [7, 11) is 1.31. The maximum Gasteiger partial charge on any atom is 0.335 e. The summed E-state index contributed by atoms with van der Waals surface area (Å²) in [4.78, 5) is 42.2. The monoisotopic (exact) mass is 593 g/mol. The smallest absolute Gasteiger partial charge is 0.335 e. The number of imide groups is 1. The third-order valence-corrected chi connectivity index (χ3v) is 8.77. The topological polar surface area (TPSA) is 135 Å². The molecule has 0 radical (unpaired) electrons. The van der Waals surface area contributed by atoms with E-state index >= 15 is 0 Å². The summed E-state index contributed by atoms with van der Waals surface area (Å²) in [5.41, 5.74) is -0.0647. The van der Waals surface area contributed by atoms with Crippen molar-refractivity contribution in [2.75, 3.05) is 26.8 Å². The number of aliphatic carboxylic acids is 1. The molecular formula is C31H33F2N5O5. The van der Waals surface area contributed by atoms with Gasteiger partial charge in [-0.3, -0.25) is 0 Å². The van der Waals surface area contributed by atoms with E-state index in [9.17, 15) is 33.5 Å². The average molecular weight is 594 g/mol. The van der Waals surface area contributed by atoms with Crippen LogP contribution < -0.4 is 10.6 Å². The molecule has 1 saturated heterocycles. The van der Waals surface area contributed by atoms with Crippen molar-refractivity contribution in [3.8, 4) is 6.07 Å². The number of likely N-dealkylation sites (tertiary alicyclic amines) is 1. The second-order valence-corrected chi connectivity index (χ2v) is 11.2. The Morgan fingerprint density at radius 3 is 2.49 bits per heavy atom. The third-order valence-electron chi connectivity index (χ3n) is 8.77. The first-order chi connectivity index (χ1) is 20.7. The quantitative estimate of drug-likeness (QED) is 0.438. The van der Waals surface area contributed by atoms with Crippen LogP contribution in [0.15, 0.2) is 59.8 Å². The maximum absolute atomic E-state index is 14.2. The molecule has 0 aromatic heterocycles. The molecule has 12 heteroatoms. The van der Waals surface area contributed by atoms with E-state index in [-0.39, 0.29) is 35.5 Å². The van der Waals surface area contributed by atoms with Crippen LogP contribution in [0.1, 0.15) is 49.3 Å². The molecule has 1 saturated carbocycles. The molecule has 2 heterocycles. The molecule has 2 fully saturated rings. The molecule has 1 aliphatic carbocycles. The van der Waals surface area contributed by atoms with Gasteiger partial charge in [-0.05, 0) is 55.4 Å². The lowest BCUT2D eigenvalue weighted by Gasteiger charge is -2.40. The lowest BCUT2D eigenvalue weighted by molar-refractivity contribution is -0.133. The fourth-order valence-electron chi connectivity index (χ4n) is 6.54. The van der Waals surface area contributed by atoms with Crippen LogP contribution in [0.5, 0.6) is 0 Å². The van der Waals surface area contributed by atoms with E-state index in [1.165, 1.54) is 7.11 Å². The summed E-state index contributed by atoms with van der Waals surface area (Å²) in [5, 5.41) is 25.4. The Morgan fingerprint density at radius 2 is 1.86 bits per heavy atom. The first kappa shape index (κ1) is 30.1. The molecule has 43 heavy (non-hydrogen) atoms. The van der Waals surface area contributed by atoms with Crippen molar-refractivity contribution in [2.24, 2.45) is 0 Å². The molecule has 0 bridgehead atoms. The van der Waals surface area contributed by atoms with Gasteiger partial charge in [-0.15, -0.1) is 0 Å². The van der Waals surface area contributed by atoms with E-state index in [2.05, 4.69) is 21.6 Å². The maximum atomic E-state index is 14.2. The second-order valence-electron chi connectivity index (χ2n) is 11.2. The number of urea groups is 2. The molecule has 2 aliphatic heterocycles. The number of amides is 4. The lowest BCUT2D eigenvalue weighted by atomic mass is 9.74. The Kier molecular flexibility index (Phi) is 8.75. The van der Waals surface area contributed by atoms with Crippen LogP contribution in [0.3, 0.4) is 0 Å². The Morgan fingerprint density at radius 1 is 1.14 bits per heavy atom. The van der Waals surface area contributed by atoms with Gasteiger partial charge in [0.2, 0.25) is 0 Å². The number of carbonyl (C=O) groups excluding carboxylic acids is 2. The Bertz CT molecular complexity index is 1470. The number of carboxylic acids is 1. The number of ether oxygens (including phenoxy) is 1. The Hall–Kier alpha value is -4.34. The molecule has 0 spiro atoms. The van der Waals surface area contributed by atoms with Gasteiger partial charge in [0.1, 0.15) is 6.04 Å². The van der Waals surface area contributed by atoms with Gasteiger partial charge in [0.25, 0.3) is 0 Å². The number of halogens is 2. The van der Waals surface area contributed by atoms with Crippen LogP contribution in [0, 0.1) is 23.0 Å². The number of methoxy groups -OCH3 is 1. The number of carboxylic acid groups (broad SMARTS) is 1. The van der Waals surface area contributed by atoms with E-state index in [0.717, 1.165) is 43.3 Å². The summed E-state index contributed by atoms with van der Waals surface area (Å²) in [6.45, 7) is 1.19. The SMILES string of the molecule is COCC1=C(C(=O)O)C(c2ccc(F)c(F)c2)N(C(=O)N[C@@H]2CC[C@H](N3CCC(C#N)(c4ccccc4)CC3)C2)C(=O)N1. The van der Waals surface area contributed by atoms with E-state index < -0.39 is 41.1 Å². The molecule has 3 N–H and O–H groups in total. The zero-order valence-corrected chi connectivity index (χ0v) is 23.7. The number of benzene rings is 2. The summed E-state index contributed by atoms with van der Waals surface area (Å²) >= 11 is 0. The number of nitriles is 1.